The van der Waals surface area contributed by atoms with Crippen LogP contribution in [0, 0.1) is 0 Å². The molecule has 3 nitrogen and oxygen atoms in total. The molecule has 0 radical (unpaired) electrons. The van der Waals surface area contributed by atoms with Crippen LogP contribution >= 0.6 is 0 Å². The Balaban J connectivity index is 3.59. The normalized spacial score (nSPS) is 12.9. The SMILES string of the molecule is C=COC(COCCC)OC(C)C. The van der Waals surface area contributed by atoms with Crippen molar-refractivity contribution in [3.63, 3.8) is 0 Å². The predicted molar refractivity (Wildman–Crippen MR) is 52.4 cm³/mol. The fraction of sp³-hybridized carbons (Fsp3) is 0.800. The Morgan fingerprint density at radius 1 is 1.38 bits per heavy atom. The first-order chi connectivity index (χ1) is 6.20. The highest BCUT2D eigenvalue weighted by atomic mass is 16.7. The van der Waals surface area contributed by atoms with Gasteiger partial charge in [0.25, 0.3) is 0 Å². The van der Waals surface area contributed by atoms with Crippen molar-refractivity contribution in [3.05, 3.63) is 12.8 Å². The maximum Gasteiger partial charge on any atom is 0.222 e. The molecule has 0 rings (SSSR count). The van der Waals surface area contributed by atoms with Crippen molar-refractivity contribution in [2.45, 2.75) is 39.6 Å². The lowest BCUT2D eigenvalue weighted by Crippen LogP contribution is -2.25. The van der Waals surface area contributed by atoms with Crippen molar-refractivity contribution >= 4 is 0 Å². The fourth-order valence-corrected chi connectivity index (χ4v) is 0.845. The third-order valence-electron chi connectivity index (χ3n) is 1.27. The van der Waals surface area contributed by atoms with E-state index in [1.54, 1.807) is 0 Å². The monoisotopic (exact) mass is 188 g/mol. The Kier molecular flexibility index (Phi) is 7.74. The predicted octanol–water partition coefficient (Wildman–Crippen LogP) is 2.32. The van der Waals surface area contributed by atoms with Gasteiger partial charge in [0.1, 0.15) is 6.61 Å². The molecule has 0 aliphatic carbocycles. The molecule has 0 aliphatic rings. The molecule has 3 heteroatoms. The average molecular weight is 188 g/mol. The van der Waals surface area contributed by atoms with Gasteiger partial charge >= 0.3 is 0 Å². The topological polar surface area (TPSA) is 27.7 Å². The summed E-state index contributed by atoms with van der Waals surface area (Å²) in [4.78, 5) is 0. The lowest BCUT2D eigenvalue weighted by atomic mass is 10.5. The van der Waals surface area contributed by atoms with E-state index in [0.717, 1.165) is 13.0 Å². The van der Waals surface area contributed by atoms with Gasteiger partial charge in [-0.1, -0.05) is 13.5 Å². The summed E-state index contributed by atoms with van der Waals surface area (Å²) in [6, 6.07) is 0. The minimum Gasteiger partial charge on any atom is -0.471 e. The van der Waals surface area contributed by atoms with Crippen molar-refractivity contribution in [2.24, 2.45) is 0 Å². The van der Waals surface area contributed by atoms with Crippen molar-refractivity contribution in [1.82, 2.24) is 0 Å². The zero-order valence-electron chi connectivity index (χ0n) is 8.79. The highest BCUT2D eigenvalue weighted by Crippen LogP contribution is 2.01. The van der Waals surface area contributed by atoms with E-state index in [4.69, 9.17) is 14.2 Å². The van der Waals surface area contributed by atoms with Gasteiger partial charge in [0.2, 0.25) is 6.29 Å². The number of ether oxygens (including phenoxy) is 3. The van der Waals surface area contributed by atoms with E-state index >= 15 is 0 Å². The van der Waals surface area contributed by atoms with E-state index in [0.29, 0.717) is 6.61 Å². The first-order valence-electron chi connectivity index (χ1n) is 4.70. The van der Waals surface area contributed by atoms with E-state index in [-0.39, 0.29) is 12.4 Å². The van der Waals surface area contributed by atoms with Crippen LogP contribution in [0.25, 0.3) is 0 Å². The van der Waals surface area contributed by atoms with Crippen molar-refractivity contribution in [2.75, 3.05) is 13.2 Å². The number of rotatable bonds is 8. The molecule has 0 amide bonds. The molecule has 0 saturated carbocycles. The van der Waals surface area contributed by atoms with Crippen LogP contribution in [0.5, 0.6) is 0 Å². The van der Waals surface area contributed by atoms with Crippen molar-refractivity contribution < 1.29 is 14.2 Å². The zero-order chi connectivity index (χ0) is 10.1. The summed E-state index contributed by atoms with van der Waals surface area (Å²) in [5.74, 6) is 0. The maximum absolute atomic E-state index is 5.42. The molecule has 0 N–H and O–H groups in total. The molecule has 0 aliphatic heterocycles. The van der Waals surface area contributed by atoms with Crippen LogP contribution in [0.3, 0.4) is 0 Å². The van der Waals surface area contributed by atoms with Crippen LogP contribution < -0.4 is 0 Å². The average Bonchev–Trinajstić information content (AvgIpc) is 2.04. The second-order valence-corrected chi connectivity index (χ2v) is 2.99. The van der Waals surface area contributed by atoms with Gasteiger partial charge in [-0.15, -0.1) is 0 Å². The Labute approximate surface area is 80.7 Å². The quantitative estimate of drug-likeness (QED) is 0.332. The van der Waals surface area contributed by atoms with Crippen molar-refractivity contribution in [1.29, 1.82) is 0 Å². The second kappa shape index (κ2) is 8.08. The molecule has 1 atom stereocenters. The third-order valence-corrected chi connectivity index (χ3v) is 1.27. The first kappa shape index (κ1) is 12.5. The van der Waals surface area contributed by atoms with Crippen LogP contribution in [0.2, 0.25) is 0 Å². The highest BCUT2D eigenvalue weighted by molar-refractivity contribution is 4.54. The summed E-state index contributed by atoms with van der Waals surface area (Å²) in [6.07, 6.45) is 2.18. The first-order valence-corrected chi connectivity index (χ1v) is 4.70. The van der Waals surface area contributed by atoms with Gasteiger partial charge in [-0.3, -0.25) is 0 Å². The zero-order valence-corrected chi connectivity index (χ0v) is 8.79. The number of hydrogen-bond donors (Lipinski definition) is 0. The lowest BCUT2D eigenvalue weighted by Gasteiger charge is -2.19. The van der Waals surface area contributed by atoms with Crippen LogP contribution in [-0.4, -0.2) is 25.6 Å². The lowest BCUT2D eigenvalue weighted by molar-refractivity contribution is -0.162. The molecule has 0 saturated heterocycles. The molecule has 0 heterocycles. The van der Waals surface area contributed by atoms with E-state index in [2.05, 4.69) is 13.5 Å². The largest absolute Gasteiger partial charge is 0.471 e. The summed E-state index contributed by atoms with van der Waals surface area (Å²) in [7, 11) is 0. The van der Waals surface area contributed by atoms with Crippen LogP contribution in [0.1, 0.15) is 27.2 Å². The van der Waals surface area contributed by atoms with Crippen LogP contribution in [-0.2, 0) is 14.2 Å². The Hall–Kier alpha value is -0.540. The van der Waals surface area contributed by atoms with Gasteiger partial charge in [0.05, 0.1) is 12.4 Å². The molecule has 0 aromatic heterocycles. The Morgan fingerprint density at radius 3 is 2.54 bits per heavy atom. The minimum absolute atomic E-state index is 0.134. The van der Waals surface area contributed by atoms with Gasteiger partial charge < -0.3 is 14.2 Å². The summed E-state index contributed by atoms with van der Waals surface area (Å²) in [5, 5.41) is 0. The molecule has 13 heavy (non-hydrogen) atoms. The van der Waals surface area contributed by atoms with Crippen molar-refractivity contribution in [3.8, 4) is 0 Å². The van der Waals surface area contributed by atoms with Gasteiger partial charge in [0, 0.05) is 6.61 Å². The molecule has 1 unspecified atom stereocenters. The summed E-state index contributed by atoms with van der Waals surface area (Å²) in [6.45, 7) is 10.6. The standard InChI is InChI=1S/C10H20O3/c1-5-7-11-8-10(12-6-2)13-9(3)4/h6,9-10H,2,5,7-8H2,1,3-4H3. The minimum atomic E-state index is -0.330. The van der Waals surface area contributed by atoms with E-state index < -0.39 is 0 Å². The molecule has 78 valence electrons. The van der Waals surface area contributed by atoms with E-state index in [1.165, 1.54) is 6.26 Å². The summed E-state index contributed by atoms with van der Waals surface area (Å²) >= 11 is 0. The molecule has 0 aromatic carbocycles. The highest BCUT2D eigenvalue weighted by Gasteiger charge is 2.10. The maximum atomic E-state index is 5.42. The fourth-order valence-electron chi connectivity index (χ4n) is 0.845. The number of hydrogen-bond acceptors (Lipinski definition) is 3. The molecular weight excluding hydrogens is 168 g/mol. The third kappa shape index (κ3) is 7.81. The second-order valence-electron chi connectivity index (χ2n) is 2.99. The van der Waals surface area contributed by atoms with Gasteiger partial charge in [-0.2, -0.15) is 0 Å². The van der Waals surface area contributed by atoms with Crippen LogP contribution in [0.15, 0.2) is 12.8 Å². The smallest absolute Gasteiger partial charge is 0.222 e. The molecule has 0 bridgehead atoms. The van der Waals surface area contributed by atoms with E-state index in [1.807, 2.05) is 13.8 Å². The Bertz CT molecular complexity index is 123. The van der Waals surface area contributed by atoms with Gasteiger partial charge in [0.15, 0.2) is 0 Å². The Morgan fingerprint density at radius 2 is 2.08 bits per heavy atom. The van der Waals surface area contributed by atoms with Crippen LogP contribution in [0.4, 0.5) is 0 Å². The molecular formula is C10H20O3. The molecule has 0 spiro atoms. The van der Waals surface area contributed by atoms with Gasteiger partial charge in [-0.05, 0) is 20.3 Å². The summed E-state index contributed by atoms with van der Waals surface area (Å²) in [5.41, 5.74) is 0. The summed E-state index contributed by atoms with van der Waals surface area (Å²) < 4.78 is 15.8. The molecule has 0 aromatic rings. The molecule has 0 fully saturated rings. The van der Waals surface area contributed by atoms with Gasteiger partial charge in [-0.25, -0.2) is 0 Å². The van der Waals surface area contributed by atoms with E-state index in [9.17, 15) is 0 Å².